The van der Waals surface area contributed by atoms with Crippen molar-refractivity contribution in [1.82, 2.24) is 0 Å². The fourth-order valence-corrected chi connectivity index (χ4v) is 5.54. The van der Waals surface area contributed by atoms with Gasteiger partial charge in [0.15, 0.2) is 0 Å². The molecule has 6 atom stereocenters. The molecule has 0 bridgehead atoms. The molecule has 4 N–H and O–H groups in total. The molecule has 0 heterocycles. The largest absolute Gasteiger partial charge is 0.481 e. The molecule has 144 valence electrons. The first-order valence-corrected chi connectivity index (χ1v) is 9.41. The molecule has 2 unspecified atom stereocenters. The van der Waals surface area contributed by atoms with E-state index < -0.39 is 29.7 Å². The fraction of sp³-hybridized carbons (Fsp3) is 0.850. The van der Waals surface area contributed by atoms with E-state index in [-0.39, 0.29) is 17.3 Å². The zero-order chi connectivity index (χ0) is 19.0. The standard InChI is InChI=1S/C20H34O5/c1-13-6-7-15-18(2,9-5-10-19(15,3)17(23)24)14(13)8-11-20(4,25)16(22)12-21/h14-16,21-22,25H,1,5-12H2,2-4H3,(H,23,24)/t14-,15+,16?,18+,19-,20?/m0/s1. The Kier molecular flexibility index (Phi) is 5.72. The van der Waals surface area contributed by atoms with E-state index in [0.29, 0.717) is 19.3 Å². The van der Waals surface area contributed by atoms with Crippen LogP contribution in [-0.2, 0) is 4.79 Å². The van der Waals surface area contributed by atoms with Crippen LogP contribution < -0.4 is 0 Å². The predicted molar refractivity (Wildman–Crippen MR) is 96.0 cm³/mol. The third-order valence-electron chi connectivity index (χ3n) is 7.34. The highest BCUT2D eigenvalue weighted by atomic mass is 16.4. The molecule has 25 heavy (non-hydrogen) atoms. The van der Waals surface area contributed by atoms with Crippen molar-refractivity contribution in [3.8, 4) is 0 Å². The van der Waals surface area contributed by atoms with Gasteiger partial charge in [0.05, 0.1) is 17.6 Å². The predicted octanol–water partition coefficient (Wildman–Crippen LogP) is 2.73. The van der Waals surface area contributed by atoms with Crippen molar-refractivity contribution in [3.63, 3.8) is 0 Å². The molecule has 2 aliphatic rings. The normalized spacial score (nSPS) is 39.4. The second-order valence-corrected chi connectivity index (χ2v) is 8.98. The molecule has 0 saturated heterocycles. The van der Waals surface area contributed by atoms with Gasteiger partial charge in [0, 0.05) is 0 Å². The summed E-state index contributed by atoms with van der Waals surface area (Å²) in [5.41, 5.74) is -1.09. The van der Waals surface area contributed by atoms with E-state index in [1.165, 1.54) is 0 Å². The van der Waals surface area contributed by atoms with Crippen molar-refractivity contribution in [1.29, 1.82) is 0 Å². The first-order valence-electron chi connectivity index (χ1n) is 9.41. The molecule has 0 aliphatic heterocycles. The van der Waals surface area contributed by atoms with Gasteiger partial charge in [-0.15, -0.1) is 0 Å². The molecule has 5 nitrogen and oxygen atoms in total. The smallest absolute Gasteiger partial charge is 0.309 e. The lowest BCUT2D eigenvalue weighted by Crippen LogP contribution is -2.53. The topological polar surface area (TPSA) is 98.0 Å². The number of carbonyl (C=O) groups is 1. The van der Waals surface area contributed by atoms with Crippen molar-refractivity contribution in [2.24, 2.45) is 22.7 Å². The van der Waals surface area contributed by atoms with Crippen LogP contribution in [0.4, 0.5) is 0 Å². The van der Waals surface area contributed by atoms with Gasteiger partial charge in [-0.2, -0.15) is 0 Å². The zero-order valence-electron chi connectivity index (χ0n) is 15.8. The molecule has 2 rings (SSSR count). The van der Waals surface area contributed by atoms with Crippen LogP contribution in [0.3, 0.4) is 0 Å². The van der Waals surface area contributed by atoms with Crippen molar-refractivity contribution in [3.05, 3.63) is 12.2 Å². The minimum Gasteiger partial charge on any atom is -0.481 e. The fourth-order valence-electron chi connectivity index (χ4n) is 5.54. The molecule has 0 aromatic heterocycles. The number of fused-ring (bicyclic) bond motifs is 1. The van der Waals surface area contributed by atoms with E-state index in [9.17, 15) is 20.1 Å². The Balaban J connectivity index is 2.25. The number of hydrogen-bond donors (Lipinski definition) is 4. The third-order valence-corrected chi connectivity index (χ3v) is 7.34. The van der Waals surface area contributed by atoms with Crippen LogP contribution in [0, 0.1) is 22.7 Å². The summed E-state index contributed by atoms with van der Waals surface area (Å²) in [5, 5.41) is 39.2. The van der Waals surface area contributed by atoms with E-state index in [4.69, 9.17) is 5.11 Å². The van der Waals surface area contributed by atoms with Gasteiger partial charge in [-0.25, -0.2) is 0 Å². The van der Waals surface area contributed by atoms with Gasteiger partial charge in [0.2, 0.25) is 0 Å². The number of aliphatic hydroxyl groups excluding tert-OH is 2. The number of allylic oxidation sites excluding steroid dienone is 1. The lowest BCUT2D eigenvalue weighted by Gasteiger charge is -2.57. The Morgan fingerprint density at radius 2 is 2.04 bits per heavy atom. The van der Waals surface area contributed by atoms with Gasteiger partial charge in [-0.3, -0.25) is 4.79 Å². The molecule has 2 fully saturated rings. The highest BCUT2D eigenvalue weighted by Gasteiger charge is 2.57. The second-order valence-electron chi connectivity index (χ2n) is 8.98. The van der Waals surface area contributed by atoms with Gasteiger partial charge >= 0.3 is 5.97 Å². The molecule has 0 amide bonds. The van der Waals surface area contributed by atoms with Gasteiger partial charge in [-0.1, -0.05) is 25.5 Å². The Bertz CT molecular complexity index is 528. The minimum atomic E-state index is -1.36. The maximum atomic E-state index is 12.0. The Morgan fingerprint density at radius 3 is 2.60 bits per heavy atom. The van der Waals surface area contributed by atoms with Crippen molar-refractivity contribution in [2.75, 3.05) is 6.61 Å². The van der Waals surface area contributed by atoms with Crippen molar-refractivity contribution in [2.45, 2.75) is 77.4 Å². The molecule has 0 aromatic carbocycles. The lowest BCUT2D eigenvalue weighted by molar-refractivity contribution is -0.165. The summed E-state index contributed by atoms with van der Waals surface area (Å²) in [5.74, 6) is -0.491. The van der Waals surface area contributed by atoms with Crippen LogP contribution in [0.15, 0.2) is 12.2 Å². The quantitative estimate of drug-likeness (QED) is 0.550. The highest BCUT2D eigenvalue weighted by molar-refractivity contribution is 5.75. The Hall–Kier alpha value is -0.910. The summed E-state index contributed by atoms with van der Waals surface area (Å²) in [6.07, 6.45) is 4.05. The summed E-state index contributed by atoms with van der Waals surface area (Å²) in [6, 6.07) is 0. The van der Waals surface area contributed by atoms with E-state index in [1.54, 1.807) is 6.92 Å². The van der Waals surface area contributed by atoms with Crippen LogP contribution in [0.2, 0.25) is 0 Å². The molecule has 0 spiro atoms. The summed E-state index contributed by atoms with van der Waals surface area (Å²) < 4.78 is 0. The number of aliphatic carboxylic acids is 1. The number of carboxylic acids is 1. The minimum absolute atomic E-state index is 0.0921. The maximum Gasteiger partial charge on any atom is 0.309 e. The van der Waals surface area contributed by atoms with Crippen LogP contribution >= 0.6 is 0 Å². The third kappa shape index (κ3) is 3.51. The van der Waals surface area contributed by atoms with Crippen LogP contribution in [-0.4, -0.2) is 44.7 Å². The van der Waals surface area contributed by atoms with E-state index in [2.05, 4.69) is 13.5 Å². The number of carboxylic acid groups (broad SMARTS) is 1. The molecular weight excluding hydrogens is 320 g/mol. The van der Waals surface area contributed by atoms with Gasteiger partial charge in [-0.05, 0) is 69.6 Å². The Morgan fingerprint density at radius 1 is 1.40 bits per heavy atom. The van der Waals surface area contributed by atoms with Crippen LogP contribution in [0.1, 0.15) is 65.7 Å². The highest BCUT2D eigenvalue weighted by Crippen LogP contribution is 2.62. The SMILES string of the molecule is C=C1CC[C@@H]2[C@](C)(CCC[C@]2(C)C(=O)O)[C@H]1CCC(C)(O)C(O)CO. The lowest BCUT2D eigenvalue weighted by atomic mass is 9.46. The number of hydrogen-bond acceptors (Lipinski definition) is 4. The van der Waals surface area contributed by atoms with E-state index in [1.807, 2.05) is 6.92 Å². The molecule has 2 aliphatic carbocycles. The van der Waals surface area contributed by atoms with E-state index in [0.717, 1.165) is 31.3 Å². The zero-order valence-corrected chi connectivity index (χ0v) is 15.8. The second kappa shape index (κ2) is 7.01. The van der Waals surface area contributed by atoms with Crippen molar-refractivity contribution >= 4 is 5.97 Å². The molecule has 5 heteroatoms. The summed E-state index contributed by atoms with van der Waals surface area (Å²) >= 11 is 0. The summed E-state index contributed by atoms with van der Waals surface area (Å²) in [7, 11) is 0. The number of rotatable bonds is 6. The average Bonchev–Trinajstić information content (AvgIpc) is 2.52. The van der Waals surface area contributed by atoms with Crippen LogP contribution in [0.25, 0.3) is 0 Å². The van der Waals surface area contributed by atoms with Gasteiger partial charge in [0.25, 0.3) is 0 Å². The average molecular weight is 354 g/mol. The summed E-state index contributed by atoms with van der Waals surface area (Å²) in [6.45, 7) is 9.38. The molecule has 0 aromatic rings. The Labute approximate surface area is 150 Å². The van der Waals surface area contributed by atoms with E-state index >= 15 is 0 Å². The molecule has 0 radical (unpaired) electrons. The monoisotopic (exact) mass is 354 g/mol. The number of aliphatic hydroxyl groups is 3. The molecular formula is C20H34O5. The first kappa shape index (κ1) is 20.4. The maximum absolute atomic E-state index is 12.0. The van der Waals surface area contributed by atoms with Crippen LogP contribution in [0.5, 0.6) is 0 Å². The summed E-state index contributed by atoms with van der Waals surface area (Å²) in [4.78, 5) is 12.0. The molecule has 2 saturated carbocycles. The van der Waals surface area contributed by atoms with Gasteiger partial charge < -0.3 is 20.4 Å². The van der Waals surface area contributed by atoms with Gasteiger partial charge in [0.1, 0.15) is 6.10 Å². The first-order chi connectivity index (χ1) is 11.5. The van der Waals surface area contributed by atoms with Crippen molar-refractivity contribution < 1.29 is 25.2 Å².